The van der Waals surface area contributed by atoms with Crippen molar-refractivity contribution in [3.05, 3.63) is 103 Å². The zero-order chi connectivity index (χ0) is 24.4. The van der Waals surface area contributed by atoms with E-state index in [4.69, 9.17) is 21.7 Å². The van der Waals surface area contributed by atoms with Gasteiger partial charge in [-0.1, -0.05) is 6.07 Å². The number of hydrogen-bond acceptors (Lipinski definition) is 4. The van der Waals surface area contributed by atoms with Crippen molar-refractivity contribution in [1.82, 2.24) is 14.9 Å². The Morgan fingerprint density at radius 1 is 0.914 bits per heavy atom. The Kier molecular flexibility index (Phi) is 6.42. The molecule has 3 heterocycles. The second kappa shape index (κ2) is 9.80. The zero-order valence-electron chi connectivity index (χ0n) is 20.0. The molecule has 178 valence electrons. The van der Waals surface area contributed by atoms with Gasteiger partial charge in [0.05, 0.1) is 24.9 Å². The number of benzene rings is 2. The summed E-state index contributed by atoms with van der Waals surface area (Å²) >= 11 is 5.83. The maximum atomic E-state index is 6.02. The van der Waals surface area contributed by atoms with Gasteiger partial charge >= 0.3 is 0 Å². The molecule has 2 aromatic carbocycles. The molecule has 7 heteroatoms. The molecule has 0 bridgehead atoms. The highest BCUT2D eigenvalue weighted by molar-refractivity contribution is 7.80. The summed E-state index contributed by atoms with van der Waals surface area (Å²) in [6.07, 6.45) is 6.15. The lowest BCUT2D eigenvalue weighted by Crippen LogP contribution is -2.29. The summed E-state index contributed by atoms with van der Waals surface area (Å²) in [7, 11) is 1.65. The highest BCUT2D eigenvalue weighted by Gasteiger charge is 2.41. The van der Waals surface area contributed by atoms with Crippen LogP contribution in [0.15, 0.2) is 91.4 Å². The molecular weight excluding hydrogens is 456 g/mol. The van der Waals surface area contributed by atoms with Crippen molar-refractivity contribution in [2.75, 3.05) is 12.0 Å². The molecule has 2 atom stereocenters. The number of aromatic nitrogens is 2. The van der Waals surface area contributed by atoms with Crippen molar-refractivity contribution in [2.24, 2.45) is 0 Å². The topological polar surface area (TPSA) is 51.6 Å². The third kappa shape index (κ3) is 4.72. The highest BCUT2D eigenvalue weighted by Crippen LogP contribution is 2.42. The fraction of sp³-hybridized carbons (Fsp3) is 0.214. The first kappa shape index (κ1) is 22.9. The maximum Gasteiger partial charge on any atom is 0.174 e. The van der Waals surface area contributed by atoms with Gasteiger partial charge in [-0.2, -0.15) is 0 Å². The van der Waals surface area contributed by atoms with E-state index < -0.39 is 0 Å². The van der Waals surface area contributed by atoms with Crippen molar-refractivity contribution in [3.8, 4) is 17.2 Å². The molecule has 0 radical (unpaired) electrons. The largest absolute Gasteiger partial charge is 0.497 e. The third-order valence-electron chi connectivity index (χ3n) is 6.18. The smallest absolute Gasteiger partial charge is 0.174 e. The maximum absolute atomic E-state index is 6.02. The second-order valence-electron chi connectivity index (χ2n) is 8.75. The number of pyridine rings is 1. The number of hydrogen-bond donors (Lipinski definition) is 1. The molecule has 0 aliphatic carbocycles. The van der Waals surface area contributed by atoms with Crippen LogP contribution in [0.25, 0.3) is 0 Å². The molecule has 1 saturated heterocycles. The summed E-state index contributed by atoms with van der Waals surface area (Å²) in [4.78, 5) is 6.80. The van der Waals surface area contributed by atoms with Crippen LogP contribution in [0, 0.1) is 0 Å². The van der Waals surface area contributed by atoms with Crippen LogP contribution in [0.4, 0.5) is 5.69 Å². The van der Waals surface area contributed by atoms with E-state index in [1.807, 2.05) is 72.9 Å². The Labute approximate surface area is 211 Å². The molecule has 4 aromatic rings. The van der Waals surface area contributed by atoms with E-state index in [0.29, 0.717) is 11.2 Å². The first-order valence-corrected chi connectivity index (χ1v) is 12.0. The number of anilines is 1. The van der Waals surface area contributed by atoms with E-state index in [-0.39, 0.29) is 12.1 Å². The molecule has 1 aliphatic heterocycles. The van der Waals surface area contributed by atoms with Crippen LogP contribution in [0.1, 0.15) is 43.2 Å². The fourth-order valence-corrected chi connectivity index (χ4v) is 4.70. The minimum atomic E-state index is -0.0677. The number of nitrogens with zero attached hydrogens (tertiary/aromatic N) is 3. The van der Waals surface area contributed by atoms with E-state index in [1.54, 1.807) is 7.11 Å². The summed E-state index contributed by atoms with van der Waals surface area (Å²) in [5.74, 6) is 2.29. The predicted octanol–water partition coefficient (Wildman–Crippen LogP) is 6.44. The molecule has 2 aromatic heterocycles. The quantitative estimate of drug-likeness (QED) is 0.305. The van der Waals surface area contributed by atoms with E-state index in [1.165, 1.54) is 5.56 Å². The van der Waals surface area contributed by atoms with Crippen LogP contribution in [0.3, 0.4) is 0 Å². The Morgan fingerprint density at radius 3 is 2.20 bits per heavy atom. The number of rotatable bonds is 7. The van der Waals surface area contributed by atoms with Crippen molar-refractivity contribution in [2.45, 2.75) is 32.0 Å². The number of methoxy groups -OCH3 is 1. The lowest BCUT2D eigenvalue weighted by atomic mass is 9.98. The Hall–Kier alpha value is -3.84. The minimum absolute atomic E-state index is 0.0363. The Morgan fingerprint density at radius 2 is 1.60 bits per heavy atom. The lowest BCUT2D eigenvalue weighted by Gasteiger charge is -2.27. The van der Waals surface area contributed by atoms with Gasteiger partial charge in [0, 0.05) is 30.3 Å². The van der Waals surface area contributed by atoms with Gasteiger partial charge < -0.3 is 24.3 Å². The van der Waals surface area contributed by atoms with Crippen molar-refractivity contribution in [3.63, 3.8) is 0 Å². The van der Waals surface area contributed by atoms with E-state index >= 15 is 0 Å². The van der Waals surface area contributed by atoms with E-state index in [9.17, 15) is 0 Å². The third-order valence-corrected chi connectivity index (χ3v) is 6.50. The molecular formula is C28H28N4O2S. The van der Waals surface area contributed by atoms with E-state index in [0.717, 1.165) is 28.6 Å². The lowest BCUT2D eigenvalue weighted by molar-refractivity contribution is 0.413. The van der Waals surface area contributed by atoms with Crippen LogP contribution in [-0.2, 0) is 0 Å². The molecule has 6 nitrogen and oxygen atoms in total. The van der Waals surface area contributed by atoms with E-state index in [2.05, 4.69) is 52.1 Å². The summed E-state index contributed by atoms with van der Waals surface area (Å²) in [6.45, 7) is 4.35. The van der Waals surface area contributed by atoms with Gasteiger partial charge in [-0.3, -0.25) is 4.98 Å². The first-order chi connectivity index (χ1) is 17.0. The highest BCUT2D eigenvalue weighted by atomic mass is 32.1. The van der Waals surface area contributed by atoms with Crippen LogP contribution in [0.2, 0.25) is 0 Å². The number of nitrogens with one attached hydrogen (secondary N) is 1. The monoisotopic (exact) mass is 484 g/mol. The standard InChI is InChI=1S/C28H28N4O2S/c1-19(2)31-17-15-20(18-31)27-26(25-6-4-5-16-29-25)30-28(35)32(27)21-7-9-23(10-8-21)34-24-13-11-22(33-3)12-14-24/h4-19,26-27H,1-3H3,(H,30,35)/t26-,27-/m0/s1. The number of ether oxygens (including phenoxy) is 2. The summed E-state index contributed by atoms with van der Waals surface area (Å²) in [6, 6.07) is 24.0. The second-order valence-corrected chi connectivity index (χ2v) is 9.14. The number of thiocarbonyl (C=S) groups is 1. The van der Waals surface area contributed by atoms with Crippen molar-refractivity contribution >= 4 is 23.0 Å². The van der Waals surface area contributed by atoms with Gasteiger partial charge in [0.25, 0.3) is 0 Å². The molecule has 1 fully saturated rings. The van der Waals surface area contributed by atoms with Crippen molar-refractivity contribution in [1.29, 1.82) is 0 Å². The molecule has 0 unspecified atom stereocenters. The van der Waals surface area contributed by atoms with Gasteiger partial charge in [-0.05, 0) is 98.4 Å². The van der Waals surface area contributed by atoms with Crippen LogP contribution >= 0.6 is 12.2 Å². The Bertz CT molecular complexity index is 1290. The van der Waals surface area contributed by atoms with Gasteiger partial charge in [0.15, 0.2) is 5.11 Å². The molecule has 0 saturated carbocycles. The van der Waals surface area contributed by atoms with Crippen LogP contribution in [0.5, 0.6) is 17.2 Å². The Balaban J connectivity index is 1.45. The predicted molar refractivity (Wildman–Crippen MR) is 142 cm³/mol. The normalized spacial score (nSPS) is 17.5. The molecule has 5 rings (SSSR count). The van der Waals surface area contributed by atoms with Gasteiger partial charge in [0.2, 0.25) is 0 Å². The average Bonchev–Trinajstić information content (AvgIpc) is 3.50. The zero-order valence-corrected chi connectivity index (χ0v) is 20.8. The fourth-order valence-electron chi connectivity index (χ4n) is 4.35. The van der Waals surface area contributed by atoms with Crippen molar-refractivity contribution < 1.29 is 9.47 Å². The van der Waals surface area contributed by atoms with Gasteiger partial charge in [0.1, 0.15) is 17.2 Å². The first-order valence-electron chi connectivity index (χ1n) is 11.6. The van der Waals surface area contributed by atoms with Crippen LogP contribution < -0.4 is 19.7 Å². The SMILES string of the molecule is COc1ccc(Oc2ccc(N3C(=S)N[C@@H](c4ccccn4)[C@@H]3c3ccn(C(C)C)c3)cc2)cc1. The molecule has 0 amide bonds. The average molecular weight is 485 g/mol. The summed E-state index contributed by atoms with van der Waals surface area (Å²) in [5.41, 5.74) is 3.13. The molecule has 1 aliphatic rings. The molecule has 1 N–H and O–H groups in total. The minimum Gasteiger partial charge on any atom is -0.497 e. The summed E-state index contributed by atoms with van der Waals surface area (Å²) in [5, 5.41) is 4.19. The van der Waals surface area contributed by atoms with Gasteiger partial charge in [-0.25, -0.2) is 0 Å². The summed E-state index contributed by atoms with van der Waals surface area (Å²) < 4.78 is 13.5. The van der Waals surface area contributed by atoms with Gasteiger partial charge in [-0.15, -0.1) is 0 Å². The molecule has 35 heavy (non-hydrogen) atoms. The molecule has 0 spiro atoms. The van der Waals surface area contributed by atoms with Crippen LogP contribution in [-0.4, -0.2) is 21.8 Å².